The molecule has 0 aliphatic heterocycles. The van der Waals surface area contributed by atoms with E-state index in [0.717, 1.165) is 0 Å². The van der Waals surface area contributed by atoms with Crippen molar-refractivity contribution in [3.63, 3.8) is 0 Å². The van der Waals surface area contributed by atoms with Gasteiger partial charge in [0.05, 0.1) is 25.6 Å². The van der Waals surface area contributed by atoms with Crippen LogP contribution in [0, 0.1) is 5.92 Å². The molecule has 0 fully saturated rings. The second-order valence-corrected chi connectivity index (χ2v) is 7.28. The van der Waals surface area contributed by atoms with Crippen LogP contribution in [0.3, 0.4) is 0 Å². The molecule has 0 heterocycles. The summed E-state index contributed by atoms with van der Waals surface area (Å²) in [5.41, 5.74) is 3.53. The summed E-state index contributed by atoms with van der Waals surface area (Å²) in [5.74, 6) is -1.72. The van der Waals surface area contributed by atoms with Gasteiger partial charge in [-0.25, -0.2) is 10.2 Å². The fourth-order valence-electron chi connectivity index (χ4n) is 2.38. The van der Waals surface area contributed by atoms with Gasteiger partial charge in [0.25, 0.3) is 5.91 Å². The van der Waals surface area contributed by atoms with Crippen molar-refractivity contribution in [2.45, 2.75) is 13.8 Å². The van der Waals surface area contributed by atoms with Gasteiger partial charge < -0.3 is 19.5 Å². The van der Waals surface area contributed by atoms with Crippen molar-refractivity contribution in [1.82, 2.24) is 5.43 Å². The van der Waals surface area contributed by atoms with E-state index in [1.54, 1.807) is 36.4 Å². The van der Waals surface area contributed by atoms with Gasteiger partial charge >= 0.3 is 5.97 Å². The summed E-state index contributed by atoms with van der Waals surface area (Å²) < 4.78 is 16.2. The van der Waals surface area contributed by atoms with Crippen LogP contribution in [0.4, 0.5) is 5.69 Å². The molecule has 170 valence electrons. The maximum absolute atomic E-state index is 12.3. The number of carbonyl (C=O) groups is 3. The number of amides is 2. The summed E-state index contributed by atoms with van der Waals surface area (Å²) >= 11 is 3.34. The maximum Gasteiger partial charge on any atom is 0.343 e. The molecule has 0 spiro atoms. The number of carbonyl (C=O) groups excluding carboxylic acids is 3. The van der Waals surface area contributed by atoms with Gasteiger partial charge in [0.15, 0.2) is 18.1 Å². The molecular weight excluding hydrogens is 482 g/mol. The zero-order chi connectivity index (χ0) is 23.5. The van der Waals surface area contributed by atoms with Gasteiger partial charge in [0, 0.05) is 4.47 Å². The molecule has 1 atom stereocenters. The van der Waals surface area contributed by atoms with E-state index < -0.39 is 23.7 Å². The first-order valence-corrected chi connectivity index (χ1v) is 10.5. The smallest absolute Gasteiger partial charge is 0.343 e. The zero-order valence-corrected chi connectivity index (χ0v) is 19.5. The molecule has 0 radical (unpaired) electrons. The van der Waals surface area contributed by atoms with Crippen molar-refractivity contribution >= 4 is 45.6 Å². The number of ether oxygens (including phenoxy) is 3. The highest BCUT2D eigenvalue weighted by Gasteiger charge is 2.21. The van der Waals surface area contributed by atoms with Crippen LogP contribution in [0.1, 0.15) is 19.4 Å². The summed E-state index contributed by atoms with van der Waals surface area (Å²) in [6, 6.07) is 12.0. The minimum Gasteiger partial charge on any atom is -0.490 e. The SMILES string of the molecule is CCOc1cc(C=NNC(=O)C(C)C(=O)Nc2ccccc2Br)ccc1OCC(=O)OC. The Morgan fingerprint density at radius 1 is 1.09 bits per heavy atom. The number of esters is 1. The quantitative estimate of drug-likeness (QED) is 0.222. The minimum atomic E-state index is -0.965. The third kappa shape index (κ3) is 7.38. The highest BCUT2D eigenvalue weighted by atomic mass is 79.9. The number of nitrogens with zero attached hydrogens (tertiary/aromatic N) is 1. The number of rotatable bonds is 10. The van der Waals surface area contributed by atoms with Gasteiger partial charge in [0.1, 0.15) is 5.92 Å². The van der Waals surface area contributed by atoms with Crippen LogP contribution in [0.5, 0.6) is 11.5 Å². The standard InChI is InChI=1S/C22H24BrN3O6/c1-4-31-19-11-15(9-10-18(19)32-13-20(27)30-3)12-24-26-22(29)14(2)21(28)25-17-8-6-5-7-16(17)23/h5-12,14H,4,13H2,1-3H3,(H,25,28)(H,26,29). The Labute approximate surface area is 194 Å². The molecule has 2 N–H and O–H groups in total. The first-order valence-electron chi connectivity index (χ1n) is 9.70. The number of nitrogens with one attached hydrogen (secondary N) is 2. The fraction of sp³-hybridized carbons (Fsp3) is 0.273. The van der Waals surface area contributed by atoms with Gasteiger partial charge in [-0.3, -0.25) is 9.59 Å². The van der Waals surface area contributed by atoms with Gasteiger partial charge in [-0.2, -0.15) is 5.10 Å². The van der Waals surface area contributed by atoms with Crippen LogP contribution in [-0.4, -0.2) is 44.3 Å². The second-order valence-electron chi connectivity index (χ2n) is 6.43. The molecule has 2 aromatic carbocycles. The number of benzene rings is 2. The molecule has 2 aromatic rings. The van der Waals surface area contributed by atoms with Crippen LogP contribution in [0.25, 0.3) is 0 Å². The van der Waals surface area contributed by atoms with Gasteiger partial charge in [0.2, 0.25) is 5.91 Å². The number of hydrogen-bond donors (Lipinski definition) is 2. The van der Waals surface area contributed by atoms with Gasteiger partial charge in [-0.1, -0.05) is 12.1 Å². The lowest BCUT2D eigenvalue weighted by molar-refractivity contribution is -0.143. The predicted octanol–water partition coefficient (Wildman–Crippen LogP) is 3.12. The Bertz CT molecular complexity index is 995. The molecular formula is C22H24BrN3O6. The van der Waals surface area contributed by atoms with E-state index in [1.165, 1.54) is 20.2 Å². The van der Waals surface area contributed by atoms with E-state index in [-0.39, 0.29) is 6.61 Å². The maximum atomic E-state index is 12.3. The number of anilines is 1. The number of para-hydroxylation sites is 1. The van der Waals surface area contributed by atoms with E-state index in [0.29, 0.717) is 33.8 Å². The molecule has 9 nitrogen and oxygen atoms in total. The summed E-state index contributed by atoms with van der Waals surface area (Å²) in [6.45, 7) is 3.43. The zero-order valence-electron chi connectivity index (χ0n) is 17.9. The lowest BCUT2D eigenvalue weighted by atomic mass is 10.1. The molecule has 0 aromatic heterocycles. The van der Waals surface area contributed by atoms with Crippen molar-refractivity contribution in [2.24, 2.45) is 11.0 Å². The highest BCUT2D eigenvalue weighted by molar-refractivity contribution is 9.10. The van der Waals surface area contributed by atoms with E-state index in [1.807, 2.05) is 13.0 Å². The number of halogens is 1. The molecule has 0 saturated heterocycles. The van der Waals surface area contributed by atoms with Crippen LogP contribution in [0.2, 0.25) is 0 Å². The normalized spacial score (nSPS) is 11.5. The predicted molar refractivity (Wildman–Crippen MR) is 123 cm³/mol. The third-order valence-corrected chi connectivity index (χ3v) is 4.84. The Hall–Kier alpha value is -3.40. The van der Waals surface area contributed by atoms with E-state index >= 15 is 0 Å². The van der Waals surface area contributed by atoms with Gasteiger partial charge in [-0.15, -0.1) is 0 Å². The average Bonchev–Trinajstić information content (AvgIpc) is 2.79. The molecule has 0 aliphatic rings. The molecule has 0 saturated carbocycles. The van der Waals surface area contributed by atoms with E-state index in [2.05, 4.69) is 36.5 Å². The number of methoxy groups -OCH3 is 1. The van der Waals surface area contributed by atoms with Crippen molar-refractivity contribution in [1.29, 1.82) is 0 Å². The Morgan fingerprint density at radius 2 is 1.84 bits per heavy atom. The van der Waals surface area contributed by atoms with Crippen molar-refractivity contribution in [3.05, 3.63) is 52.5 Å². The third-order valence-electron chi connectivity index (χ3n) is 4.15. The second kappa shape index (κ2) is 12.5. The van der Waals surface area contributed by atoms with Crippen LogP contribution >= 0.6 is 15.9 Å². The molecule has 2 amide bonds. The number of hydrogen-bond acceptors (Lipinski definition) is 7. The molecule has 0 bridgehead atoms. The molecule has 2 rings (SSSR count). The summed E-state index contributed by atoms with van der Waals surface area (Å²) in [5, 5.41) is 6.59. The topological polar surface area (TPSA) is 115 Å². The minimum absolute atomic E-state index is 0.250. The van der Waals surface area contributed by atoms with Crippen LogP contribution < -0.4 is 20.2 Å². The van der Waals surface area contributed by atoms with E-state index in [9.17, 15) is 14.4 Å². The average molecular weight is 506 g/mol. The monoisotopic (exact) mass is 505 g/mol. The Morgan fingerprint density at radius 3 is 2.53 bits per heavy atom. The lowest BCUT2D eigenvalue weighted by Crippen LogP contribution is -2.34. The largest absolute Gasteiger partial charge is 0.490 e. The first kappa shape index (κ1) is 24.9. The van der Waals surface area contributed by atoms with Crippen molar-refractivity contribution in [3.8, 4) is 11.5 Å². The molecule has 10 heteroatoms. The first-order chi connectivity index (χ1) is 15.3. The van der Waals surface area contributed by atoms with Crippen molar-refractivity contribution in [2.75, 3.05) is 25.6 Å². The summed E-state index contributed by atoms with van der Waals surface area (Å²) in [4.78, 5) is 35.8. The van der Waals surface area contributed by atoms with Crippen LogP contribution in [-0.2, 0) is 19.1 Å². The molecule has 32 heavy (non-hydrogen) atoms. The van der Waals surface area contributed by atoms with Crippen LogP contribution in [0.15, 0.2) is 52.0 Å². The van der Waals surface area contributed by atoms with Gasteiger partial charge in [-0.05, 0) is 65.7 Å². The highest BCUT2D eigenvalue weighted by Crippen LogP contribution is 2.28. The summed E-state index contributed by atoms with van der Waals surface area (Å²) in [6.07, 6.45) is 1.41. The Kier molecular flexibility index (Phi) is 9.68. The molecule has 0 aliphatic carbocycles. The summed E-state index contributed by atoms with van der Waals surface area (Å²) in [7, 11) is 1.27. The van der Waals surface area contributed by atoms with Crippen molar-refractivity contribution < 1.29 is 28.6 Å². The number of hydrazone groups is 1. The van der Waals surface area contributed by atoms with E-state index in [4.69, 9.17) is 9.47 Å². The lowest BCUT2D eigenvalue weighted by Gasteiger charge is -2.12. The fourth-order valence-corrected chi connectivity index (χ4v) is 2.76. The Balaban J connectivity index is 1.97. The molecule has 1 unspecified atom stereocenters.